The summed E-state index contributed by atoms with van der Waals surface area (Å²) in [6, 6.07) is 8.09. The van der Waals surface area contributed by atoms with Crippen LogP contribution in [-0.2, 0) is 6.42 Å². The lowest BCUT2D eigenvalue weighted by Crippen LogP contribution is -2.12. The topological polar surface area (TPSA) is 64.2 Å². The summed E-state index contributed by atoms with van der Waals surface area (Å²) in [4.78, 5) is 12.1. The molecule has 0 saturated carbocycles. The van der Waals surface area contributed by atoms with Gasteiger partial charge in [-0.2, -0.15) is 5.10 Å². The van der Waals surface area contributed by atoms with Crippen LogP contribution in [0.2, 0.25) is 0 Å². The first-order valence-electron chi connectivity index (χ1n) is 7.10. The predicted octanol–water partition coefficient (Wildman–Crippen LogP) is 3.43. The Morgan fingerprint density at radius 3 is 2.67 bits per heavy atom. The van der Waals surface area contributed by atoms with Crippen LogP contribution in [0.15, 0.2) is 39.6 Å². The molecule has 0 aliphatic carbocycles. The fourth-order valence-electron chi connectivity index (χ4n) is 2.55. The first kappa shape index (κ1) is 16.4. The van der Waals surface area contributed by atoms with E-state index in [1.165, 1.54) is 20.3 Å². The Kier molecular flexibility index (Phi) is 4.53. The van der Waals surface area contributed by atoms with Crippen LogP contribution in [0.25, 0.3) is 10.8 Å². The molecule has 1 heterocycles. The molecule has 24 heavy (non-hydrogen) atoms. The van der Waals surface area contributed by atoms with Gasteiger partial charge in [-0.25, -0.2) is 9.49 Å². The number of aromatic nitrogens is 2. The molecule has 0 aliphatic rings. The maximum absolute atomic E-state index is 13.4. The molecule has 124 valence electrons. The molecule has 0 amide bonds. The molecular formula is C17H14BrFN2O3. The summed E-state index contributed by atoms with van der Waals surface area (Å²) in [5.74, 6) is 0.686. The van der Waals surface area contributed by atoms with Crippen LogP contribution in [-0.4, -0.2) is 24.4 Å². The number of methoxy groups -OCH3 is 2. The summed E-state index contributed by atoms with van der Waals surface area (Å²) in [7, 11) is 3.04. The molecule has 5 nitrogen and oxygen atoms in total. The van der Waals surface area contributed by atoms with E-state index in [-0.39, 0.29) is 11.4 Å². The average molecular weight is 393 g/mol. The SMILES string of the molecule is COc1cc(OC)c2c(Cc3ccc(F)c(Br)c3)n[nH]c(=O)c2c1. The zero-order chi connectivity index (χ0) is 17.3. The zero-order valence-corrected chi connectivity index (χ0v) is 14.6. The third-order valence-corrected chi connectivity index (χ3v) is 4.32. The molecular weight excluding hydrogens is 379 g/mol. The number of hydrogen-bond donors (Lipinski definition) is 1. The van der Waals surface area contributed by atoms with Crippen molar-refractivity contribution in [1.29, 1.82) is 0 Å². The second-order valence-corrected chi connectivity index (χ2v) is 6.03. The standard InChI is InChI=1S/C17H14BrFN2O3/c1-23-10-7-11-16(15(8-10)24-2)14(20-21-17(11)22)6-9-3-4-13(19)12(18)5-9/h3-5,7-8H,6H2,1-2H3,(H,21,22). The Balaban J connectivity index is 2.19. The van der Waals surface area contributed by atoms with E-state index in [9.17, 15) is 9.18 Å². The quantitative estimate of drug-likeness (QED) is 0.738. The zero-order valence-electron chi connectivity index (χ0n) is 13.0. The molecule has 0 unspecified atom stereocenters. The molecule has 7 heteroatoms. The van der Waals surface area contributed by atoms with Gasteiger partial charge in [-0.1, -0.05) is 6.07 Å². The molecule has 3 rings (SSSR count). The number of nitrogens with zero attached hydrogens (tertiary/aromatic N) is 1. The van der Waals surface area contributed by atoms with Gasteiger partial charge in [-0.05, 0) is 39.7 Å². The summed E-state index contributed by atoms with van der Waals surface area (Å²) in [5, 5.41) is 7.68. The van der Waals surface area contributed by atoms with Crippen LogP contribution in [0.1, 0.15) is 11.3 Å². The predicted molar refractivity (Wildman–Crippen MR) is 92.4 cm³/mol. The van der Waals surface area contributed by atoms with E-state index in [1.54, 1.807) is 24.3 Å². The van der Waals surface area contributed by atoms with Gasteiger partial charge >= 0.3 is 0 Å². The van der Waals surface area contributed by atoms with Crippen LogP contribution < -0.4 is 15.0 Å². The van der Waals surface area contributed by atoms with Crippen LogP contribution in [0.5, 0.6) is 11.5 Å². The Labute approximate surface area is 145 Å². The monoisotopic (exact) mass is 392 g/mol. The lowest BCUT2D eigenvalue weighted by atomic mass is 10.0. The summed E-state index contributed by atoms with van der Waals surface area (Å²) in [6.45, 7) is 0. The molecule has 3 aromatic rings. The molecule has 2 aromatic carbocycles. The van der Waals surface area contributed by atoms with E-state index in [0.29, 0.717) is 38.9 Å². The number of rotatable bonds is 4. The number of nitrogens with one attached hydrogen (secondary N) is 1. The van der Waals surface area contributed by atoms with Crippen LogP contribution >= 0.6 is 15.9 Å². The summed E-state index contributed by atoms with van der Waals surface area (Å²) < 4.78 is 24.4. The molecule has 1 N–H and O–H groups in total. The number of benzene rings is 2. The van der Waals surface area contributed by atoms with Crippen molar-refractivity contribution in [1.82, 2.24) is 10.2 Å². The van der Waals surface area contributed by atoms with Gasteiger partial charge in [0.25, 0.3) is 5.56 Å². The fourth-order valence-corrected chi connectivity index (χ4v) is 2.98. The molecule has 0 fully saturated rings. The number of halogens is 2. The van der Waals surface area contributed by atoms with Gasteiger partial charge in [-0.15, -0.1) is 0 Å². The Hall–Kier alpha value is -2.41. The van der Waals surface area contributed by atoms with Crippen LogP contribution in [0.4, 0.5) is 4.39 Å². The number of hydrogen-bond acceptors (Lipinski definition) is 4. The van der Waals surface area contributed by atoms with Crippen molar-refractivity contribution in [2.45, 2.75) is 6.42 Å². The highest BCUT2D eigenvalue weighted by Crippen LogP contribution is 2.32. The van der Waals surface area contributed by atoms with Gasteiger partial charge in [0.2, 0.25) is 0 Å². The normalized spacial score (nSPS) is 10.8. The third kappa shape index (κ3) is 2.99. The second kappa shape index (κ2) is 6.60. The van der Waals surface area contributed by atoms with Crippen molar-refractivity contribution < 1.29 is 13.9 Å². The highest BCUT2D eigenvalue weighted by Gasteiger charge is 2.15. The average Bonchev–Trinajstić information content (AvgIpc) is 2.59. The van der Waals surface area contributed by atoms with E-state index in [4.69, 9.17) is 9.47 Å². The van der Waals surface area contributed by atoms with E-state index in [1.807, 2.05) is 0 Å². The first-order chi connectivity index (χ1) is 11.5. The Morgan fingerprint density at radius 2 is 2.00 bits per heavy atom. The summed E-state index contributed by atoms with van der Waals surface area (Å²) in [5.41, 5.74) is 1.15. The van der Waals surface area contributed by atoms with Crippen LogP contribution in [0, 0.1) is 5.82 Å². The smallest absolute Gasteiger partial charge is 0.272 e. The maximum Gasteiger partial charge on any atom is 0.272 e. The molecule has 0 atom stereocenters. The lowest BCUT2D eigenvalue weighted by molar-refractivity contribution is 0.397. The maximum atomic E-state index is 13.4. The number of H-pyrrole nitrogens is 1. The van der Waals surface area contributed by atoms with Crippen LogP contribution in [0.3, 0.4) is 0 Å². The van der Waals surface area contributed by atoms with E-state index in [0.717, 1.165) is 5.56 Å². The van der Waals surface area contributed by atoms with Crippen molar-refractivity contribution in [2.75, 3.05) is 14.2 Å². The van der Waals surface area contributed by atoms with Crippen molar-refractivity contribution in [3.63, 3.8) is 0 Å². The van der Waals surface area contributed by atoms with Crippen molar-refractivity contribution in [3.8, 4) is 11.5 Å². The Bertz CT molecular complexity index is 972. The summed E-state index contributed by atoms with van der Waals surface area (Å²) in [6.07, 6.45) is 0.412. The highest BCUT2D eigenvalue weighted by atomic mass is 79.9. The van der Waals surface area contributed by atoms with Crippen molar-refractivity contribution in [3.05, 3.63) is 62.2 Å². The third-order valence-electron chi connectivity index (χ3n) is 3.71. The van der Waals surface area contributed by atoms with Gasteiger partial charge in [0, 0.05) is 12.5 Å². The highest BCUT2D eigenvalue weighted by molar-refractivity contribution is 9.10. The molecule has 0 saturated heterocycles. The second-order valence-electron chi connectivity index (χ2n) is 5.18. The molecule has 1 aromatic heterocycles. The van der Waals surface area contributed by atoms with Gasteiger partial charge in [0.15, 0.2) is 0 Å². The van der Waals surface area contributed by atoms with E-state index >= 15 is 0 Å². The van der Waals surface area contributed by atoms with Gasteiger partial charge in [0.05, 0.1) is 35.2 Å². The minimum Gasteiger partial charge on any atom is -0.497 e. The number of aromatic amines is 1. The van der Waals surface area contributed by atoms with Gasteiger partial charge < -0.3 is 9.47 Å². The molecule has 0 bridgehead atoms. The number of fused-ring (bicyclic) bond motifs is 1. The summed E-state index contributed by atoms with van der Waals surface area (Å²) >= 11 is 3.17. The van der Waals surface area contributed by atoms with E-state index < -0.39 is 0 Å². The number of ether oxygens (including phenoxy) is 2. The van der Waals surface area contributed by atoms with Gasteiger partial charge in [-0.3, -0.25) is 4.79 Å². The van der Waals surface area contributed by atoms with Crippen molar-refractivity contribution in [2.24, 2.45) is 0 Å². The van der Waals surface area contributed by atoms with Gasteiger partial charge in [0.1, 0.15) is 17.3 Å². The largest absolute Gasteiger partial charge is 0.497 e. The minimum atomic E-state index is -0.333. The molecule has 0 spiro atoms. The first-order valence-corrected chi connectivity index (χ1v) is 7.90. The Morgan fingerprint density at radius 1 is 1.21 bits per heavy atom. The fraction of sp³-hybridized carbons (Fsp3) is 0.176. The molecule has 0 aliphatic heterocycles. The minimum absolute atomic E-state index is 0.328. The van der Waals surface area contributed by atoms with E-state index in [2.05, 4.69) is 26.1 Å². The van der Waals surface area contributed by atoms with Crippen molar-refractivity contribution >= 4 is 26.7 Å². The lowest BCUT2D eigenvalue weighted by Gasteiger charge is -2.11. The molecule has 0 radical (unpaired) electrons.